The number of benzene rings is 1. The van der Waals surface area contributed by atoms with Crippen LogP contribution in [-0.4, -0.2) is 23.3 Å². The third kappa shape index (κ3) is 3.93. The maximum absolute atomic E-state index is 11.6. The lowest BCUT2D eigenvalue weighted by molar-refractivity contribution is 0.301. The van der Waals surface area contributed by atoms with Crippen LogP contribution in [0.5, 0.6) is 5.75 Å². The summed E-state index contributed by atoms with van der Waals surface area (Å²) in [6, 6.07) is 5.25. The molecule has 2 rings (SSSR count). The molecule has 0 bridgehead atoms. The third-order valence-electron chi connectivity index (χ3n) is 2.49. The monoisotopic (exact) mass is 254 g/mol. The average Bonchev–Trinajstić information content (AvgIpc) is 3.00. The fourth-order valence-electron chi connectivity index (χ4n) is 1.45. The van der Waals surface area contributed by atoms with Gasteiger partial charge in [0, 0.05) is 28.3 Å². The smallest absolute Gasteiger partial charge is 0.144 e. The zero-order valence-electron chi connectivity index (χ0n) is 10.2. The van der Waals surface area contributed by atoms with E-state index >= 15 is 0 Å². The van der Waals surface area contributed by atoms with Crippen molar-refractivity contribution >= 4 is 21.1 Å². The van der Waals surface area contributed by atoms with Crippen LogP contribution in [0.15, 0.2) is 22.6 Å². The van der Waals surface area contributed by atoms with Crippen molar-refractivity contribution in [1.82, 2.24) is 0 Å². The second-order valence-electron chi connectivity index (χ2n) is 4.75. The van der Waals surface area contributed by atoms with Gasteiger partial charge >= 0.3 is 0 Å². The molecule has 0 unspecified atom stereocenters. The van der Waals surface area contributed by atoms with Crippen molar-refractivity contribution in [3.05, 3.63) is 18.2 Å². The molecule has 1 saturated carbocycles. The lowest BCUT2D eigenvalue weighted by atomic mass is 10.2. The van der Waals surface area contributed by atoms with E-state index in [-0.39, 0.29) is 0 Å². The molecule has 0 aromatic heterocycles. The first-order valence-electron chi connectivity index (χ1n) is 5.63. The average molecular weight is 254 g/mol. The van der Waals surface area contributed by atoms with Crippen LogP contribution in [0.4, 0.5) is 11.4 Å². The minimum atomic E-state index is -2.15. The van der Waals surface area contributed by atoms with Gasteiger partial charge in [0.15, 0.2) is 0 Å². The van der Waals surface area contributed by atoms with E-state index in [2.05, 4.69) is 4.36 Å². The summed E-state index contributed by atoms with van der Waals surface area (Å²) in [6.45, 7) is 0.710. The number of nitrogen functional groups attached to an aromatic ring is 1. The van der Waals surface area contributed by atoms with E-state index in [1.54, 1.807) is 30.7 Å². The molecule has 1 aliphatic rings. The fraction of sp³-hybridized carbons (Fsp3) is 0.500. The number of ether oxygens (including phenoxy) is 1. The van der Waals surface area contributed by atoms with Crippen LogP contribution in [-0.2, 0) is 9.73 Å². The first kappa shape index (κ1) is 12.2. The Morgan fingerprint density at radius 3 is 2.76 bits per heavy atom. The van der Waals surface area contributed by atoms with Crippen molar-refractivity contribution in [2.24, 2.45) is 10.3 Å². The quantitative estimate of drug-likeness (QED) is 0.839. The Labute approximate surface area is 102 Å². The summed E-state index contributed by atoms with van der Waals surface area (Å²) in [4.78, 5) is 0. The van der Waals surface area contributed by atoms with Gasteiger partial charge in [-0.3, -0.25) is 0 Å². The normalized spacial score (nSPS) is 15.6. The fourth-order valence-corrected chi connectivity index (χ4v) is 2.07. The third-order valence-corrected chi connectivity index (χ3v) is 3.14. The lowest BCUT2D eigenvalue weighted by Crippen LogP contribution is -2.01. The van der Waals surface area contributed by atoms with Crippen LogP contribution in [0.25, 0.3) is 0 Å². The number of nitrogens with two attached hydrogens (primary N) is 1. The van der Waals surface area contributed by atoms with Crippen molar-refractivity contribution in [3.63, 3.8) is 0 Å². The molecule has 4 nitrogen and oxygen atoms in total. The predicted molar refractivity (Wildman–Crippen MR) is 71.2 cm³/mol. The molecule has 1 aromatic rings. The zero-order chi connectivity index (χ0) is 12.5. The summed E-state index contributed by atoms with van der Waals surface area (Å²) in [5.74, 6) is 1.32. The summed E-state index contributed by atoms with van der Waals surface area (Å²) >= 11 is 0. The number of nitrogens with zero attached hydrogens (tertiary/aromatic N) is 1. The molecule has 17 heavy (non-hydrogen) atoms. The molecule has 2 N–H and O–H groups in total. The SMILES string of the molecule is CS(C)(=O)=Nc1ccc(N)c(OCC2CC2)c1. The second kappa shape index (κ2) is 4.56. The first-order chi connectivity index (χ1) is 7.94. The Morgan fingerprint density at radius 2 is 2.18 bits per heavy atom. The van der Waals surface area contributed by atoms with E-state index < -0.39 is 9.73 Å². The van der Waals surface area contributed by atoms with Crippen molar-refractivity contribution in [2.75, 3.05) is 24.9 Å². The maximum Gasteiger partial charge on any atom is 0.144 e. The van der Waals surface area contributed by atoms with Crippen LogP contribution < -0.4 is 10.5 Å². The van der Waals surface area contributed by atoms with E-state index in [4.69, 9.17) is 10.5 Å². The highest BCUT2D eigenvalue weighted by Crippen LogP contribution is 2.32. The van der Waals surface area contributed by atoms with Crippen molar-refractivity contribution < 1.29 is 8.95 Å². The van der Waals surface area contributed by atoms with E-state index in [1.165, 1.54) is 12.8 Å². The molecule has 0 spiro atoms. The van der Waals surface area contributed by atoms with Crippen LogP contribution in [0.2, 0.25) is 0 Å². The number of hydrogen-bond acceptors (Lipinski definition) is 4. The van der Waals surface area contributed by atoms with Crippen molar-refractivity contribution in [1.29, 1.82) is 0 Å². The highest BCUT2D eigenvalue weighted by molar-refractivity contribution is 7.92. The molecule has 1 aromatic carbocycles. The Hall–Kier alpha value is -1.23. The van der Waals surface area contributed by atoms with Gasteiger partial charge in [-0.05, 0) is 30.9 Å². The van der Waals surface area contributed by atoms with Gasteiger partial charge in [-0.1, -0.05) is 0 Å². The van der Waals surface area contributed by atoms with Gasteiger partial charge in [0.25, 0.3) is 0 Å². The van der Waals surface area contributed by atoms with E-state index in [1.807, 2.05) is 0 Å². The minimum Gasteiger partial charge on any atom is -0.491 e. The van der Waals surface area contributed by atoms with Crippen LogP contribution in [0.1, 0.15) is 12.8 Å². The minimum absolute atomic E-state index is 0.600. The summed E-state index contributed by atoms with van der Waals surface area (Å²) in [7, 11) is -2.15. The molecule has 1 fully saturated rings. The van der Waals surface area contributed by atoms with Gasteiger partial charge in [0.05, 0.1) is 18.0 Å². The van der Waals surface area contributed by atoms with E-state index in [0.717, 1.165) is 0 Å². The predicted octanol–water partition coefficient (Wildman–Crippen LogP) is 2.42. The molecule has 1 aliphatic carbocycles. The highest BCUT2D eigenvalue weighted by Gasteiger charge is 2.22. The summed E-state index contributed by atoms with van der Waals surface area (Å²) < 4.78 is 21.4. The van der Waals surface area contributed by atoms with Gasteiger partial charge in [0.2, 0.25) is 0 Å². The highest BCUT2D eigenvalue weighted by atomic mass is 32.2. The summed E-state index contributed by atoms with van der Waals surface area (Å²) in [5, 5.41) is 0. The van der Waals surface area contributed by atoms with Gasteiger partial charge in [0.1, 0.15) is 5.75 Å². The van der Waals surface area contributed by atoms with Crippen LogP contribution in [0.3, 0.4) is 0 Å². The number of hydrogen-bond donors (Lipinski definition) is 1. The lowest BCUT2D eigenvalue weighted by Gasteiger charge is -2.09. The Bertz CT molecular complexity index is 521. The topological polar surface area (TPSA) is 64.7 Å². The molecule has 0 amide bonds. The summed E-state index contributed by atoms with van der Waals surface area (Å²) in [6.07, 6.45) is 5.69. The molecule has 0 aliphatic heterocycles. The first-order valence-corrected chi connectivity index (χ1v) is 7.97. The Morgan fingerprint density at radius 1 is 1.47 bits per heavy atom. The second-order valence-corrected chi connectivity index (χ2v) is 7.29. The maximum atomic E-state index is 11.6. The molecule has 5 heteroatoms. The van der Waals surface area contributed by atoms with E-state index in [0.29, 0.717) is 29.6 Å². The molecule has 0 atom stereocenters. The van der Waals surface area contributed by atoms with E-state index in [9.17, 15) is 4.21 Å². The molecule has 94 valence electrons. The van der Waals surface area contributed by atoms with Gasteiger partial charge < -0.3 is 10.5 Å². The van der Waals surface area contributed by atoms with Gasteiger partial charge in [-0.25, -0.2) is 4.21 Å². The van der Waals surface area contributed by atoms with Crippen LogP contribution >= 0.6 is 0 Å². The zero-order valence-corrected chi connectivity index (χ0v) is 11.0. The molecular weight excluding hydrogens is 236 g/mol. The van der Waals surface area contributed by atoms with Crippen molar-refractivity contribution in [2.45, 2.75) is 12.8 Å². The standard InChI is InChI=1S/C12H18N2O2S/c1-17(2,15)14-10-5-6-11(13)12(7-10)16-8-9-3-4-9/h5-7,9H,3-4,8,13H2,1-2H3. The Kier molecular flexibility index (Phi) is 3.28. The number of anilines is 1. The molecule has 0 heterocycles. The van der Waals surface area contributed by atoms with Crippen LogP contribution in [0, 0.1) is 5.92 Å². The molecule has 0 saturated heterocycles. The van der Waals surface area contributed by atoms with Crippen molar-refractivity contribution in [3.8, 4) is 5.75 Å². The van der Waals surface area contributed by atoms with Gasteiger partial charge in [-0.15, -0.1) is 0 Å². The largest absolute Gasteiger partial charge is 0.491 e. The number of rotatable bonds is 4. The molecule has 0 radical (unpaired) electrons. The summed E-state index contributed by atoms with van der Waals surface area (Å²) in [5.41, 5.74) is 7.07. The molecular formula is C12H18N2O2S. The Balaban J connectivity index is 2.19. The van der Waals surface area contributed by atoms with Gasteiger partial charge in [-0.2, -0.15) is 4.36 Å².